The number of pyridine rings is 1. The van der Waals surface area contributed by atoms with Gasteiger partial charge in [-0.15, -0.1) is 11.3 Å². The van der Waals surface area contributed by atoms with E-state index in [2.05, 4.69) is 32.3 Å². The molecule has 0 bridgehead atoms. The van der Waals surface area contributed by atoms with Crippen molar-refractivity contribution >= 4 is 27.3 Å². The van der Waals surface area contributed by atoms with Gasteiger partial charge in [0.05, 0.1) is 6.07 Å². The number of nitrogens with zero attached hydrogens (tertiary/aromatic N) is 2. The first kappa shape index (κ1) is 12.2. The minimum Gasteiger partial charge on any atom is -0.293 e. The molecule has 2 aromatic heterocycles. The quantitative estimate of drug-likeness (QED) is 0.943. The summed E-state index contributed by atoms with van der Waals surface area (Å²) in [4.78, 5) is 5.28. The van der Waals surface area contributed by atoms with Gasteiger partial charge in [0.15, 0.2) is 0 Å². The molecule has 0 saturated heterocycles. The van der Waals surface area contributed by atoms with E-state index >= 15 is 0 Å². The molecule has 0 saturated carbocycles. The molecule has 0 radical (unpaired) electrons. The second kappa shape index (κ2) is 5.92. The highest BCUT2D eigenvalue weighted by Gasteiger charge is 2.10. The fourth-order valence-corrected chi connectivity index (χ4v) is 2.48. The first-order chi connectivity index (χ1) is 8.29. The summed E-state index contributed by atoms with van der Waals surface area (Å²) in [6.07, 6.45) is 3.41. The molecule has 17 heavy (non-hydrogen) atoms. The molecule has 0 amide bonds. The highest BCUT2D eigenvalue weighted by Crippen LogP contribution is 2.17. The Hall–Kier alpha value is -1.22. The molecule has 5 heteroatoms. The predicted molar refractivity (Wildman–Crippen MR) is 71.4 cm³/mol. The van der Waals surface area contributed by atoms with Crippen molar-refractivity contribution in [3.8, 4) is 6.07 Å². The molecule has 86 valence electrons. The van der Waals surface area contributed by atoms with Crippen LogP contribution in [0, 0.1) is 11.3 Å². The first-order valence-corrected chi connectivity index (χ1v) is 6.72. The molecular weight excluding hydrogens is 298 g/mol. The highest BCUT2D eigenvalue weighted by molar-refractivity contribution is 9.10. The van der Waals surface area contributed by atoms with E-state index in [9.17, 15) is 0 Å². The molecule has 1 atom stereocenters. The van der Waals surface area contributed by atoms with Crippen molar-refractivity contribution in [2.45, 2.75) is 12.6 Å². The monoisotopic (exact) mass is 307 g/mol. The lowest BCUT2D eigenvalue weighted by atomic mass is 10.1. The van der Waals surface area contributed by atoms with Crippen molar-refractivity contribution in [1.29, 1.82) is 5.26 Å². The molecule has 1 unspecified atom stereocenters. The maximum Gasteiger partial charge on any atom is 0.123 e. The lowest BCUT2D eigenvalue weighted by Crippen LogP contribution is -2.19. The van der Waals surface area contributed by atoms with Gasteiger partial charge in [-0.3, -0.25) is 10.3 Å². The number of halogens is 1. The van der Waals surface area contributed by atoms with Gasteiger partial charge < -0.3 is 0 Å². The number of nitriles is 1. The van der Waals surface area contributed by atoms with Crippen LogP contribution in [-0.2, 0) is 6.54 Å². The summed E-state index contributed by atoms with van der Waals surface area (Å²) in [5, 5.41) is 14.4. The highest BCUT2D eigenvalue weighted by atomic mass is 79.9. The third-order valence-electron chi connectivity index (χ3n) is 2.25. The summed E-state index contributed by atoms with van der Waals surface area (Å²) >= 11 is 5.03. The van der Waals surface area contributed by atoms with Crippen LogP contribution in [0.4, 0.5) is 0 Å². The molecule has 3 nitrogen and oxygen atoms in total. The first-order valence-electron chi connectivity index (χ1n) is 5.05. The van der Waals surface area contributed by atoms with Crippen LogP contribution in [-0.4, -0.2) is 4.98 Å². The fourth-order valence-electron chi connectivity index (χ4n) is 1.44. The topological polar surface area (TPSA) is 48.7 Å². The normalized spacial score (nSPS) is 12.0. The van der Waals surface area contributed by atoms with Gasteiger partial charge in [0.1, 0.15) is 6.04 Å². The minimum atomic E-state index is -0.331. The lowest BCUT2D eigenvalue weighted by molar-refractivity contribution is 0.634. The molecule has 0 aliphatic carbocycles. The third kappa shape index (κ3) is 3.37. The van der Waals surface area contributed by atoms with Crippen LogP contribution >= 0.6 is 27.3 Å². The van der Waals surface area contributed by atoms with Crippen molar-refractivity contribution in [1.82, 2.24) is 10.3 Å². The van der Waals surface area contributed by atoms with Crippen molar-refractivity contribution in [3.63, 3.8) is 0 Å². The van der Waals surface area contributed by atoms with E-state index in [0.29, 0.717) is 6.54 Å². The molecule has 0 aliphatic rings. The average Bonchev–Trinajstić information content (AvgIpc) is 2.83. The number of hydrogen-bond acceptors (Lipinski definition) is 4. The summed E-state index contributed by atoms with van der Waals surface area (Å²) in [6.45, 7) is 0.697. The van der Waals surface area contributed by atoms with Crippen molar-refractivity contribution in [2.75, 3.05) is 0 Å². The van der Waals surface area contributed by atoms with Gasteiger partial charge in [0.25, 0.3) is 0 Å². The van der Waals surface area contributed by atoms with E-state index in [1.165, 1.54) is 4.88 Å². The summed E-state index contributed by atoms with van der Waals surface area (Å²) in [6, 6.07) is 7.86. The standard InChI is InChI=1S/C12H10BrN3S/c13-10-4-9(6-15-7-10)12(5-14)16-8-11-2-1-3-17-11/h1-4,6-7,12,16H,8H2. The van der Waals surface area contributed by atoms with E-state index in [1.54, 1.807) is 23.7 Å². The zero-order chi connectivity index (χ0) is 12.1. The van der Waals surface area contributed by atoms with Gasteiger partial charge in [0.2, 0.25) is 0 Å². The third-order valence-corrected chi connectivity index (χ3v) is 3.56. The van der Waals surface area contributed by atoms with Crippen LogP contribution in [0.3, 0.4) is 0 Å². The Kier molecular flexibility index (Phi) is 4.26. The molecule has 2 aromatic rings. The minimum absolute atomic E-state index is 0.331. The largest absolute Gasteiger partial charge is 0.293 e. The molecule has 0 spiro atoms. The molecule has 0 fully saturated rings. The van der Waals surface area contributed by atoms with Gasteiger partial charge in [-0.25, -0.2) is 0 Å². The summed E-state index contributed by atoms with van der Waals surface area (Å²) in [5.41, 5.74) is 0.874. The van der Waals surface area contributed by atoms with Gasteiger partial charge in [-0.05, 0) is 33.4 Å². The lowest BCUT2D eigenvalue weighted by Gasteiger charge is -2.10. The predicted octanol–water partition coefficient (Wildman–Crippen LogP) is 3.26. The number of hydrogen-bond donors (Lipinski definition) is 1. The van der Waals surface area contributed by atoms with E-state index in [1.807, 2.05) is 23.6 Å². The zero-order valence-corrected chi connectivity index (χ0v) is 11.3. The second-order valence-corrected chi connectivity index (χ2v) is 5.41. The van der Waals surface area contributed by atoms with Crippen LogP contribution in [0.2, 0.25) is 0 Å². The Morgan fingerprint density at radius 2 is 2.41 bits per heavy atom. The Labute approximate surface area is 112 Å². The van der Waals surface area contributed by atoms with E-state index in [-0.39, 0.29) is 6.04 Å². The van der Waals surface area contributed by atoms with E-state index in [4.69, 9.17) is 5.26 Å². The Balaban J connectivity index is 2.05. The number of aromatic nitrogens is 1. The smallest absolute Gasteiger partial charge is 0.123 e. The molecule has 0 aromatic carbocycles. The molecular formula is C12H10BrN3S. The number of rotatable bonds is 4. The SMILES string of the molecule is N#CC(NCc1cccs1)c1cncc(Br)c1. The maximum absolute atomic E-state index is 9.15. The second-order valence-electron chi connectivity index (χ2n) is 3.46. The average molecular weight is 308 g/mol. The van der Waals surface area contributed by atoms with E-state index < -0.39 is 0 Å². The Morgan fingerprint density at radius 3 is 3.06 bits per heavy atom. The van der Waals surface area contributed by atoms with Gasteiger partial charge in [-0.1, -0.05) is 6.07 Å². The molecule has 2 heterocycles. The van der Waals surface area contributed by atoms with Gasteiger partial charge in [0, 0.05) is 33.9 Å². The Bertz CT molecular complexity index is 519. The van der Waals surface area contributed by atoms with Crippen LogP contribution in [0.25, 0.3) is 0 Å². The van der Waals surface area contributed by atoms with Gasteiger partial charge >= 0.3 is 0 Å². The molecule has 2 rings (SSSR count). The molecule has 1 N–H and O–H groups in total. The zero-order valence-electron chi connectivity index (χ0n) is 8.93. The number of thiophene rings is 1. The summed E-state index contributed by atoms with van der Waals surface area (Å²) in [5.74, 6) is 0. The van der Waals surface area contributed by atoms with Gasteiger partial charge in [-0.2, -0.15) is 5.26 Å². The fraction of sp³-hybridized carbons (Fsp3) is 0.167. The Morgan fingerprint density at radius 1 is 1.53 bits per heavy atom. The van der Waals surface area contributed by atoms with Crippen molar-refractivity contribution < 1.29 is 0 Å². The summed E-state index contributed by atoms with van der Waals surface area (Å²) < 4.78 is 0.883. The number of nitrogens with one attached hydrogen (secondary N) is 1. The van der Waals surface area contributed by atoms with E-state index in [0.717, 1.165) is 10.0 Å². The van der Waals surface area contributed by atoms with Crippen molar-refractivity contribution in [3.05, 3.63) is 50.9 Å². The van der Waals surface area contributed by atoms with Crippen LogP contribution in [0.5, 0.6) is 0 Å². The van der Waals surface area contributed by atoms with Crippen LogP contribution in [0.1, 0.15) is 16.5 Å². The van der Waals surface area contributed by atoms with Crippen LogP contribution in [0.15, 0.2) is 40.4 Å². The summed E-state index contributed by atoms with van der Waals surface area (Å²) in [7, 11) is 0. The van der Waals surface area contributed by atoms with Crippen molar-refractivity contribution in [2.24, 2.45) is 0 Å². The maximum atomic E-state index is 9.15. The molecule has 0 aliphatic heterocycles. The van der Waals surface area contributed by atoms with Crippen LogP contribution < -0.4 is 5.32 Å².